The normalized spacial score (nSPS) is 17.1. The van der Waals surface area contributed by atoms with Gasteiger partial charge in [0.1, 0.15) is 18.1 Å². The number of aryl methyl sites for hydroxylation is 2. The largest absolute Gasteiger partial charge is 0.507 e. The summed E-state index contributed by atoms with van der Waals surface area (Å²) in [5.74, 6) is -0.801. The van der Waals surface area contributed by atoms with Gasteiger partial charge in [-0.25, -0.2) is 0 Å². The quantitative estimate of drug-likeness (QED) is 0.281. The molecule has 0 aromatic heterocycles. The molecule has 3 aromatic carbocycles. The first-order chi connectivity index (χ1) is 17.2. The monoisotopic (exact) mass is 484 g/mol. The van der Waals surface area contributed by atoms with Gasteiger partial charge in [0.2, 0.25) is 0 Å². The van der Waals surface area contributed by atoms with Gasteiger partial charge in [0.05, 0.1) is 11.6 Å². The number of ether oxygens (including phenoxy) is 1. The molecule has 1 aliphatic heterocycles. The van der Waals surface area contributed by atoms with Gasteiger partial charge in [-0.15, -0.1) is 0 Å². The smallest absolute Gasteiger partial charge is 0.295 e. The van der Waals surface area contributed by atoms with Crippen LogP contribution in [0.3, 0.4) is 0 Å². The van der Waals surface area contributed by atoms with E-state index in [1.165, 1.54) is 5.56 Å². The molecular weight excluding hydrogens is 452 g/mol. The van der Waals surface area contributed by atoms with Crippen LogP contribution in [0.2, 0.25) is 0 Å². The van der Waals surface area contributed by atoms with Crippen LogP contribution in [0.5, 0.6) is 5.75 Å². The van der Waals surface area contributed by atoms with E-state index in [4.69, 9.17) is 4.74 Å². The Morgan fingerprint density at radius 2 is 1.64 bits per heavy atom. The fraction of sp³-hybridized carbons (Fsp3) is 0.267. The SMILES string of the molecule is Cc1ccc([C@H]2/C(=C(\O)c3ccc(OCc4cccc(C)c4)cc3)C(=O)C(=O)N2CCN(C)C)cc1. The number of aliphatic hydroxyl groups excluding tert-OH is 1. The number of amides is 1. The summed E-state index contributed by atoms with van der Waals surface area (Å²) in [6.45, 7) is 5.42. The summed E-state index contributed by atoms with van der Waals surface area (Å²) >= 11 is 0. The molecule has 186 valence electrons. The molecule has 0 unspecified atom stereocenters. The Morgan fingerprint density at radius 1 is 0.944 bits per heavy atom. The number of hydrogen-bond acceptors (Lipinski definition) is 5. The third-order valence-electron chi connectivity index (χ3n) is 6.34. The zero-order chi connectivity index (χ0) is 25.8. The number of hydrogen-bond donors (Lipinski definition) is 1. The highest BCUT2D eigenvalue weighted by atomic mass is 16.5. The van der Waals surface area contributed by atoms with E-state index in [2.05, 4.69) is 6.07 Å². The van der Waals surface area contributed by atoms with Crippen LogP contribution < -0.4 is 4.74 Å². The van der Waals surface area contributed by atoms with E-state index < -0.39 is 17.7 Å². The average molecular weight is 485 g/mol. The van der Waals surface area contributed by atoms with Crippen LogP contribution in [0.4, 0.5) is 0 Å². The van der Waals surface area contributed by atoms with Crippen molar-refractivity contribution in [2.24, 2.45) is 0 Å². The number of rotatable bonds is 8. The van der Waals surface area contributed by atoms with Crippen molar-refractivity contribution in [3.8, 4) is 5.75 Å². The summed E-state index contributed by atoms with van der Waals surface area (Å²) in [4.78, 5) is 29.7. The Morgan fingerprint density at radius 3 is 2.28 bits per heavy atom. The zero-order valence-electron chi connectivity index (χ0n) is 21.2. The molecule has 1 atom stereocenters. The fourth-order valence-corrected chi connectivity index (χ4v) is 4.35. The molecule has 1 N–H and O–H groups in total. The molecule has 6 heteroatoms. The van der Waals surface area contributed by atoms with Gasteiger partial charge in [-0.1, -0.05) is 59.7 Å². The van der Waals surface area contributed by atoms with E-state index in [9.17, 15) is 14.7 Å². The van der Waals surface area contributed by atoms with Crippen LogP contribution in [-0.4, -0.2) is 53.8 Å². The second-order valence-electron chi connectivity index (χ2n) is 9.51. The minimum atomic E-state index is -0.670. The highest BCUT2D eigenvalue weighted by molar-refractivity contribution is 6.46. The predicted molar refractivity (Wildman–Crippen MR) is 141 cm³/mol. The Labute approximate surface area is 212 Å². The number of aliphatic hydroxyl groups is 1. The minimum absolute atomic E-state index is 0.107. The molecule has 0 bridgehead atoms. The molecule has 6 nitrogen and oxygen atoms in total. The summed E-state index contributed by atoms with van der Waals surface area (Å²) in [6, 6.07) is 22.1. The van der Waals surface area contributed by atoms with Crippen molar-refractivity contribution in [3.63, 3.8) is 0 Å². The van der Waals surface area contributed by atoms with Gasteiger partial charge < -0.3 is 19.6 Å². The molecule has 4 rings (SSSR count). The summed E-state index contributed by atoms with van der Waals surface area (Å²) in [7, 11) is 3.83. The maximum absolute atomic E-state index is 13.1. The van der Waals surface area contributed by atoms with Crippen molar-refractivity contribution < 1.29 is 19.4 Å². The van der Waals surface area contributed by atoms with Gasteiger partial charge in [-0.3, -0.25) is 9.59 Å². The molecular formula is C30H32N2O4. The molecule has 3 aromatic rings. The van der Waals surface area contributed by atoms with Gasteiger partial charge in [0.25, 0.3) is 11.7 Å². The van der Waals surface area contributed by atoms with Gasteiger partial charge in [-0.2, -0.15) is 0 Å². The second kappa shape index (κ2) is 10.8. The van der Waals surface area contributed by atoms with Gasteiger partial charge in [-0.05, 0) is 63.3 Å². The van der Waals surface area contributed by atoms with Crippen molar-refractivity contribution in [2.45, 2.75) is 26.5 Å². The summed E-state index contributed by atoms with van der Waals surface area (Å²) < 4.78 is 5.89. The highest BCUT2D eigenvalue weighted by Gasteiger charge is 2.45. The molecule has 36 heavy (non-hydrogen) atoms. The van der Waals surface area contributed by atoms with Gasteiger partial charge in [0.15, 0.2) is 0 Å². The Bertz CT molecular complexity index is 1280. The molecule has 0 spiro atoms. The third kappa shape index (κ3) is 5.50. The lowest BCUT2D eigenvalue weighted by Gasteiger charge is -2.26. The van der Waals surface area contributed by atoms with Crippen LogP contribution in [0.15, 0.2) is 78.4 Å². The number of benzene rings is 3. The number of carbonyl (C=O) groups is 2. The first kappa shape index (κ1) is 25.2. The Hall–Kier alpha value is -3.90. The maximum atomic E-state index is 13.1. The number of Topliss-reactive ketones (excluding diaryl/α,β-unsaturated/α-hetero) is 1. The summed E-state index contributed by atoms with van der Waals surface area (Å²) in [6.07, 6.45) is 0. The average Bonchev–Trinajstić information content (AvgIpc) is 3.11. The highest BCUT2D eigenvalue weighted by Crippen LogP contribution is 2.39. The van der Waals surface area contributed by atoms with Crippen molar-refractivity contribution >= 4 is 17.4 Å². The fourth-order valence-electron chi connectivity index (χ4n) is 4.35. The Kier molecular flexibility index (Phi) is 7.55. The Balaban J connectivity index is 1.64. The van der Waals surface area contributed by atoms with E-state index in [0.29, 0.717) is 31.0 Å². The molecule has 1 fully saturated rings. The second-order valence-corrected chi connectivity index (χ2v) is 9.51. The molecule has 1 amide bonds. The van der Waals surface area contributed by atoms with Crippen molar-refractivity contribution in [1.82, 2.24) is 9.80 Å². The van der Waals surface area contributed by atoms with E-state index in [1.54, 1.807) is 29.2 Å². The number of likely N-dealkylation sites (tertiary alicyclic amines) is 1. The lowest BCUT2D eigenvalue weighted by molar-refractivity contribution is -0.140. The van der Waals surface area contributed by atoms with Gasteiger partial charge >= 0.3 is 0 Å². The third-order valence-corrected chi connectivity index (χ3v) is 6.34. The zero-order valence-corrected chi connectivity index (χ0v) is 21.2. The van der Waals surface area contributed by atoms with E-state index >= 15 is 0 Å². The molecule has 0 radical (unpaired) electrons. The predicted octanol–water partition coefficient (Wildman–Crippen LogP) is 4.87. The summed E-state index contributed by atoms with van der Waals surface area (Å²) in [5.41, 5.74) is 4.67. The van der Waals surface area contributed by atoms with Crippen LogP contribution in [0, 0.1) is 13.8 Å². The minimum Gasteiger partial charge on any atom is -0.507 e. The van der Waals surface area contributed by atoms with Crippen LogP contribution in [0.1, 0.15) is 33.9 Å². The molecule has 1 aliphatic rings. The van der Waals surface area contributed by atoms with Gasteiger partial charge in [0, 0.05) is 18.7 Å². The molecule has 0 saturated carbocycles. The molecule has 1 saturated heterocycles. The lowest BCUT2D eigenvalue weighted by atomic mass is 9.94. The van der Waals surface area contributed by atoms with Crippen LogP contribution >= 0.6 is 0 Å². The number of carbonyl (C=O) groups excluding carboxylic acids is 2. The molecule has 1 heterocycles. The lowest BCUT2D eigenvalue weighted by Crippen LogP contribution is -2.35. The van der Waals surface area contributed by atoms with Crippen molar-refractivity contribution in [2.75, 3.05) is 27.2 Å². The van der Waals surface area contributed by atoms with Crippen LogP contribution in [0.25, 0.3) is 5.76 Å². The maximum Gasteiger partial charge on any atom is 0.295 e. The van der Waals surface area contributed by atoms with E-state index in [1.807, 2.05) is 75.3 Å². The topological polar surface area (TPSA) is 70.1 Å². The first-order valence-corrected chi connectivity index (χ1v) is 12.0. The number of nitrogens with zero attached hydrogens (tertiary/aromatic N) is 2. The number of likely N-dealkylation sites (N-methyl/N-ethyl adjacent to an activating group) is 1. The van der Waals surface area contributed by atoms with Crippen molar-refractivity contribution in [1.29, 1.82) is 0 Å². The summed E-state index contributed by atoms with van der Waals surface area (Å²) in [5, 5.41) is 11.2. The standard InChI is InChI=1S/C30H32N2O4/c1-20-8-10-23(11-9-20)27-26(29(34)30(35)32(27)17-16-31(3)4)28(33)24-12-14-25(15-13-24)36-19-22-7-5-6-21(2)18-22/h5-15,18,27,33H,16-17,19H2,1-4H3/b28-26+/t27-/m0/s1. The van der Waals surface area contributed by atoms with Crippen LogP contribution in [-0.2, 0) is 16.2 Å². The van der Waals surface area contributed by atoms with Crippen molar-refractivity contribution in [3.05, 3.63) is 106 Å². The number of ketones is 1. The first-order valence-electron chi connectivity index (χ1n) is 12.0. The molecule has 0 aliphatic carbocycles. The van der Waals surface area contributed by atoms with E-state index in [-0.39, 0.29) is 11.3 Å². The van der Waals surface area contributed by atoms with E-state index in [0.717, 1.165) is 16.7 Å².